The number of esters is 1. The number of ether oxygens (including phenoxy) is 2. The fourth-order valence-electron chi connectivity index (χ4n) is 7.05. The fourth-order valence-corrected chi connectivity index (χ4v) is 10.8. The summed E-state index contributed by atoms with van der Waals surface area (Å²) in [6, 6.07) is 9.42. The Balaban J connectivity index is 1.27. The van der Waals surface area contributed by atoms with Gasteiger partial charge in [0, 0.05) is 5.56 Å². The maximum Gasteiger partial charge on any atom is 0.340 e. The summed E-state index contributed by atoms with van der Waals surface area (Å²) in [5.74, 6) is 0.860. The van der Waals surface area contributed by atoms with E-state index >= 15 is 0 Å². The average Bonchev–Trinajstić information content (AvgIpc) is 3.36. The Kier molecular flexibility index (Phi) is 14.1. The zero-order valence-corrected chi connectivity index (χ0v) is 35.7. The second kappa shape index (κ2) is 17.6. The van der Waals surface area contributed by atoms with Crippen molar-refractivity contribution < 1.29 is 24.5 Å². The van der Waals surface area contributed by atoms with Crippen LogP contribution in [0.2, 0.25) is 0 Å². The third-order valence-electron chi connectivity index (χ3n) is 9.55. The number of benzene rings is 3. The first-order valence-electron chi connectivity index (χ1n) is 17.2. The Hall–Kier alpha value is -0.550. The van der Waals surface area contributed by atoms with Crippen molar-refractivity contribution in [3.05, 3.63) is 72.4 Å². The second-order valence-corrected chi connectivity index (χ2v) is 17.2. The van der Waals surface area contributed by atoms with Gasteiger partial charge in [-0.25, -0.2) is 4.79 Å². The van der Waals surface area contributed by atoms with E-state index in [4.69, 9.17) is 9.47 Å². The Bertz CT molecular complexity index is 1590. The molecule has 0 saturated carbocycles. The van der Waals surface area contributed by atoms with Crippen molar-refractivity contribution in [2.45, 2.75) is 122 Å². The van der Waals surface area contributed by atoms with Gasteiger partial charge in [0.15, 0.2) is 17.1 Å². The quantitative estimate of drug-likeness (QED) is 0.0800. The van der Waals surface area contributed by atoms with E-state index in [0.29, 0.717) is 33.3 Å². The van der Waals surface area contributed by atoms with Crippen LogP contribution in [-0.2, 0) is 16.8 Å². The SMILES string of the molecule is CCCCCCCCCCCCCCCCCCc1c(I)c(O)c(I)c2c1C1(OC(=O)c3ccccc31)c1cc(I)c(O)c(I)c1O2. The van der Waals surface area contributed by atoms with Crippen LogP contribution in [0.5, 0.6) is 23.0 Å². The number of carbonyl (C=O) groups excluding carboxylic acids is 1. The van der Waals surface area contributed by atoms with Crippen LogP contribution >= 0.6 is 90.4 Å². The number of hydrogen-bond donors (Lipinski definition) is 2. The molecule has 3 aromatic carbocycles. The summed E-state index contributed by atoms with van der Waals surface area (Å²) < 4.78 is 15.6. The summed E-state index contributed by atoms with van der Waals surface area (Å²) in [4.78, 5) is 13.5. The van der Waals surface area contributed by atoms with Gasteiger partial charge in [0.05, 0.1) is 31.0 Å². The molecule has 9 heteroatoms. The molecule has 47 heavy (non-hydrogen) atoms. The van der Waals surface area contributed by atoms with Gasteiger partial charge in [0.1, 0.15) is 11.5 Å². The minimum absolute atomic E-state index is 0.124. The Labute approximate surface area is 334 Å². The van der Waals surface area contributed by atoms with Crippen LogP contribution < -0.4 is 4.74 Å². The van der Waals surface area contributed by atoms with Crippen LogP contribution in [0.1, 0.15) is 142 Å². The van der Waals surface area contributed by atoms with Crippen molar-refractivity contribution in [2.75, 3.05) is 0 Å². The normalized spacial score (nSPS) is 16.1. The summed E-state index contributed by atoms with van der Waals surface area (Å²) in [5, 5.41) is 22.2. The topological polar surface area (TPSA) is 76.0 Å². The number of halogens is 4. The average molecular weight is 1090 g/mol. The first-order valence-corrected chi connectivity index (χ1v) is 21.5. The molecule has 5 nitrogen and oxygen atoms in total. The van der Waals surface area contributed by atoms with Gasteiger partial charge in [0.2, 0.25) is 0 Å². The Morgan fingerprint density at radius 2 is 1.19 bits per heavy atom. The second-order valence-electron chi connectivity index (χ2n) is 12.8. The molecular formula is C38H44I4O5. The smallest absolute Gasteiger partial charge is 0.340 e. The molecule has 2 heterocycles. The summed E-state index contributed by atoms with van der Waals surface area (Å²) >= 11 is 8.57. The number of carbonyl (C=O) groups is 1. The molecule has 2 aliphatic heterocycles. The van der Waals surface area contributed by atoms with Crippen molar-refractivity contribution >= 4 is 96.3 Å². The third-order valence-corrected chi connectivity index (χ3v) is 13.5. The van der Waals surface area contributed by atoms with Crippen LogP contribution in [0.25, 0.3) is 0 Å². The predicted molar refractivity (Wildman–Crippen MR) is 222 cm³/mol. The zero-order chi connectivity index (χ0) is 33.6. The van der Waals surface area contributed by atoms with Crippen molar-refractivity contribution in [1.82, 2.24) is 0 Å². The molecule has 2 aliphatic rings. The van der Waals surface area contributed by atoms with E-state index < -0.39 is 5.60 Å². The molecule has 0 aliphatic carbocycles. The molecular weight excluding hydrogens is 1040 g/mol. The highest BCUT2D eigenvalue weighted by molar-refractivity contribution is 14.1. The minimum Gasteiger partial charge on any atom is -0.506 e. The lowest BCUT2D eigenvalue weighted by Gasteiger charge is -2.39. The molecule has 0 bridgehead atoms. The van der Waals surface area contributed by atoms with Gasteiger partial charge in [-0.3, -0.25) is 0 Å². The van der Waals surface area contributed by atoms with Gasteiger partial charge >= 0.3 is 5.97 Å². The maximum absolute atomic E-state index is 13.5. The van der Waals surface area contributed by atoms with Gasteiger partial charge in [0.25, 0.3) is 0 Å². The Morgan fingerprint density at radius 1 is 0.660 bits per heavy atom. The summed E-state index contributed by atoms with van der Waals surface area (Å²) in [5.41, 5.74) is 2.47. The van der Waals surface area contributed by atoms with E-state index in [1.807, 2.05) is 30.3 Å². The van der Waals surface area contributed by atoms with E-state index in [0.717, 1.165) is 39.5 Å². The standard InChI is InChI=1S/C38H44I4O5/c1-2-3-4-5-6-7-8-9-10-11-12-13-14-15-16-17-21-25-29-36(32(42)34(44)30(25)40)46-35-27(23-28(39)33(43)31(35)41)38(29)26-22-19-18-20-24(26)37(45)47-38/h18-20,22-23,43-44H,2-17,21H2,1H3. The maximum atomic E-state index is 13.5. The van der Waals surface area contributed by atoms with Crippen LogP contribution in [0.4, 0.5) is 0 Å². The molecule has 1 unspecified atom stereocenters. The van der Waals surface area contributed by atoms with Crippen LogP contribution in [0.15, 0.2) is 30.3 Å². The molecule has 1 atom stereocenters. The van der Waals surface area contributed by atoms with Crippen LogP contribution in [-0.4, -0.2) is 16.2 Å². The van der Waals surface area contributed by atoms with Crippen molar-refractivity contribution in [3.8, 4) is 23.0 Å². The first kappa shape index (κ1) is 37.7. The van der Waals surface area contributed by atoms with E-state index in [1.54, 1.807) is 0 Å². The summed E-state index contributed by atoms with van der Waals surface area (Å²) in [6.45, 7) is 2.28. The lowest BCUT2D eigenvalue weighted by Crippen LogP contribution is -2.35. The van der Waals surface area contributed by atoms with Gasteiger partial charge in [-0.15, -0.1) is 0 Å². The van der Waals surface area contributed by atoms with Crippen molar-refractivity contribution in [2.24, 2.45) is 0 Å². The lowest BCUT2D eigenvalue weighted by atomic mass is 9.75. The highest BCUT2D eigenvalue weighted by Crippen LogP contribution is 2.61. The fraction of sp³-hybridized carbons (Fsp3) is 0.500. The zero-order valence-electron chi connectivity index (χ0n) is 27.0. The van der Waals surface area contributed by atoms with E-state index in [2.05, 4.69) is 97.3 Å². The largest absolute Gasteiger partial charge is 0.506 e. The van der Waals surface area contributed by atoms with Gasteiger partial charge < -0.3 is 19.7 Å². The lowest BCUT2D eigenvalue weighted by molar-refractivity contribution is 0.0219. The minimum atomic E-state index is -1.25. The highest BCUT2D eigenvalue weighted by atomic mass is 127. The van der Waals surface area contributed by atoms with E-state index in [1.165, 1.54) is 89.9 Å². The van der Waals surface area contributed by atoms with Crippen LogP contribution in [0, 0.1) is 14.3 Å². The molecule has 0 saturated heterocycles. The molecule has 2 N–H and O–H groups in total. The van der Waals surface area contributed by atoms with E-state index in [-0.39, 0.29) is 17.5 Å². The van der Waals surface area contributed by atoms with Crippen molar-refractivity contribution in [3.63, 3.8) is 0 Å². The summed E-state index contributed by atoms with van der Waals surface area (Å²) in [6.07, 6.45) is 21.7. The van der Waals surface area contributed by atoms with Gasteiger partial charge in [-0.05, 0) is 121 Å². The highest BCUT2D eigenvalue weighted by Gasteiger charge is 2.56. The molecule has 5 rings (SSSR count). The molecule has 0 radical (unpaired) electrons. The monoisotopic (exact) mass is 1090 g/mol. The molecule has 1 spiro atoms. The molecule has 254 valence electrons. The summed E-state index contributed by atoms with van der Waals surface area (Å²) in [7, 11) is 0. The number of unbranched alkanes of at least 4 members (excludes halogenated alkanes) is 15. The molecule has 0 amide bonds. The first-order chi connectivity index (χ1) is 22.7. The predicted octanol–water partition coefficient (Wildman–Crippen LogP) is 12.9. The number of phenolic OH excluding ortho intramolecular Hbond substituents is 2. The van der Waals surface area contributed by atoms with Gasteiger partial charge in [-0.2, -0.15) is 0 Å². The number of hydrogen-bond acceptors (Lipinski definition) is 5. The van der Waals surface area contributed by atoms with Crippen LogP contribution in [0.3, 0.4) is 0 Å². The third kappa shape index (κ3) is 8.02. The van der Waals surface area contributed by atoms with E-state index in [9.17, 15) is 15.0 Å². The molecule has 0 aromatic heterocycles. The Morgan fingerprint density at radius 3 is 1.79 bits per heavy atom. The number of fused-ring (bicyclic) bond motifs is 6. The number of aromatic hydroxyl groups is 2. The van der Waals surface area contributed by atoms with Crippen molar-refractivity contribution in [1.29, 1.82) is 0 Å². The molecule has 0 fully saturated rings. The number of phenols is 2. The van der Waals surface area contributed by atoms with Gasteiger partial charge in [-0.1, -0.05) is 121 Å². The molecule has 3 aromatic rings. The number of rotatable bonds is 17.